The van der Waals surface area contributed by atoms with Crippen LogP contribution in [-0.4, -0.2) is 54.3 Å². The van der Waals surface area contributed by atoms with E-state index < -0.39 is 43.5 Å². The van der Waals surface area contributed by atoms with Gasteiger partial charge in [0.15, 0.2) is 5.60 Å². The van der Waals surface area contributed by atoms with Gasteiger partial charge in [0.1, 0.15) is 0 Å². The minimum atomic E-state index is -2.05. The zero-order valence-corrected chi connectivity index (χ0v) is 9.13. The molecule has 8 nitrogen and oxygen atoms in total. The molecule has 0 aromatic carbocycles. The van der Waals surface area contributed by atoms with Gasteiger partial charge in [-0.3, -0.25) is 9.59 Å². The molecule has 1 fully saturated rings. The first-order chi connectivity index (χ1) is 7.89. The van der Waals surface area contributed by atoms with E-state index in [1.54, 1.807) is 7.05 Å². The monoisotopic (exact) mass is 245 g/mol. The smallest absolute Gasteiger partial charge is 0.509 e. The highest BCUT2D eigenvalue weighted by Crippen LogP contribution is 2.27. The van der Waals surface area contributed by atoms with Crippen LogP contribution in [0.3, 0.4) is 0 Å². The molecule has 1 atom stereocenters. The van der Waals surface area contributed by atoms with Gasteiger partial charge in [-0.1, -0.05) is 0 Å². The van der Waals surface area contributed by atoms with E-state index in [0.717, 1.165) is 0 Å². The Hall–Kier alpha value is -1.61. The summed E-state index contributed by atoms with van der Waals surface area (Å²) in [6.45, 7) is 0. The second-order valence-electron chi connectivity index (χ2n) is 3.64. The summed E-state index contributed by atoms with van der Waals surface area (Å²) in [5.74, 6) is -3.64. The van der Waals surface area contributed by atoms with E-state index in [4.69, 9.17) is 19.5 Å². The number of carboxylic acids is 2. The Kier molecular flexibility index (Phi) is 4.08. The third-order valence-corrected chi connectivity index (χ3v) is 2.25. The molecule has 1 rings (SSSR count). The van der Waals surface area contributed by atoms with E-state index in [1.165, 1.54) is 0 Å². The lowest BCUT2D eigenvalue weighted by molar-refractivity contribution is -0.174. The predicted molar refractivity (Wildman–Crippen MR) is 54.1 cm³/mol. The zero-order valence-electron chi connectivity index (χ0n) is 9.13. The summed E-state index contributed by atoms with van der Waals surface area (Å²) in [7, 11) is 0.461. The molecule has 3 N–H and O–H groups in total. The van der Waals surface area contributed by atoms with Crippen LogP contribution in [0.1, 0.15) is 12.8 Å². The van der Waals surface area contributed by atoms with Gasteiger partial charge < -0.3 is 24.8 Å². The van der Waals surface area contributed by atoms with Crippen molar-refractivity contribution in [3.8, 4) is 0 Å². The standard InChI is InChI=1S/C8H12BNO7/c1-10-4-9-16-6(13)3-8(17-9,7(14)15)2-5(11)12/h10H,2-4H2,1H3,(H,11,12)(H,14,15). The van der Waals surface area contributed by atoms with Crippen molar-refractivity contribution in [3.05, 3.63) is 0 Å². The van der Waals surface area contributed by atoms with Gasteiger partial charge in [0, 0.05) is 6.44 Å². The molecule has 17 heavy (non-hydrogen) atoms. The quantitative estimate of drug-likeness (QED) is 0.500. The Labute approximate surface area is 97.0 Å². The lowest BCUT2D eigenvalue weighted by Crippen LogP contribution is -2.56. The molecular formula is C8H12BNO7. The van der Waals surface area contributed by atoms with Crippen LogP contribution in [0.5, 0.6) is 0 Å². The fraction of sp³-hybridized carbons (Fsp3) is 0.625. The van der Waals surface area contributed by atoms with E-state index in [1.807, 2.05) is 0 Å². The minimum absolute atomic E-state index is 0.0837. The van der Waals surface area contributed by atoms with E-state index >= 15 is 0 Å². The maximum absolute atomic E-state index is 11.3. The first-order valence-corrected chi connectivity index (χ1v) is 4.87. The average Bonchev–Trinajstić information content (AvgIpc) is 2.15. The molecule has 0 bridgehead atoms. The molecule has 0 aliphatic carbocycles. The summed E-state index contributed by atoms with van der Waals surface area (Å²) in [6.07, 6.45) is -1.33. The highest BCUT2D eigenvalue weighted by atomic mass is 16.6. The summed E-state index contributed by atoms with van der Waals surface area (Å²) in [6, 6.07) is 0. The fourth-order valence-corrected chi connectivity index (χ4v) is 1.54. The van der Waals surface area contributed by atoms with Gasteiger partial charge in [0.2, 0.25) is 0 Å². The molecule has 1 heterocycles. The number of hydrogen-bond donors (Lipinski definition) is 3. The summed E-state index contributed by atoms with van der Waals surface area (Å²) in [5.41, 5.74) is -2.05. The lowest BCUT2D eigenvalue weighted by Gasteiger charge is -2.34. The van der Waals surface area contributed by atoms with Crippen molar-refractivity contribution in [3.63, 3.8) is 0 Å². The van der Waals surface area contributed by atoms with E-state index in [0.29, 0.717) is 0 Å². The number of carboxylic acid groups (broad SMARTS) is 2. The van der Waals surface area contributed by atoms with Crippen molar-refractivity contribution in [2.24, 2.45) is 0 Å². The molecule has 0 aromatic heterocycles. The lowest BCUT2D eigenvalue weighted by atomic mass is 9.82. The number of rotatable bonds is 5. The topological polar surface area (TPSA) is 122 Å². The average molecular weight is 245 g/mol. The molecule has 0 aromatic rings. The normalized spacial score (nSPS) is 24.3. The molecule has 1 aliphatic heterocycles. The molecule has 9 heteroatoms. The van der Waals surface area contributed by atoms with E-state index in [9.17, 15) is 14.4 Å². The zero-order chi connectivity index (χ0) is 13.1. The molecule has 94 valence electrons. The van der Waals surface area contributed by atoms with Crippen molar-refractivity contribution in [2.75, 3.05) is 13.5 Å². The van der Waals surface area contributed by atoms with Crippen molar-refractivity contribution < 1.29 is 33.9 Å². The van der Waals surface area contributed by atoms with Crippen LogP contribution in [0, 0.1) is 0 Å². The third-order valence-electron chi connectivity index (χ3n) is 2.25. The maximum Gasteiger partial charge on any atom is 0.542 e. The highest BCUT2D eigenvalue weighted by molar-refractivity contribution is 6.48. The SMILES string of the molecule is CNCB1OC(=O)CC(CC(=O)O)(C(=O)O)O1. The van der Waals surface area contributed by atoms with Gasteiger partial charge in [-0.05, 0) is 7.05 Å². The van der Waals surface area contributed by atoms with Crippen LogP contribution in [-0.2, 0) is 23.7 Å². The molecular weight excluding hydrogens is 233 g/mol. The Balaban J connectivity index is 2.91. The second kappa shape index (κ2) is 5.15. The van der Waals surface area contributed by atoms with Gasteiger partial charge in [0.05, 0.1) is 12.8 Å². The molecule has 1 unspecified atom stereocenters. The summed E-state index contributed by atoms with van der Waals surface area (Å²) >= 11 is 0. The summed E-state index contributed by atoms with van der Waals surface area (Å²) < 4.78 is 9.81. The van der Waals surface area contributed by atoms with Gasteiger partial charge in [0.25, 0.3) is 5.97 Å². The number of carbonyl (C=O) groups excluding carboxylic acids is 1. The third kappa shape index (κ3) is 3.17. The number of carbonyl (C=O) groups is 3. The number of nitrogens with one attached hydrogen (secondary N) is 1. The fourth-order valence-electron chi connectivity index (χ4n) is 1.54. The number of hydrogen-bond acceptors (Lipinski definition) is 6. The molecule has 1 aliphatic rings. The van der Waals surface area contributed by atoms with Crippen LogP contribution in [0.4, 0.5) is 0 Å². The largest absolute Gasteiger partial charge is 0.542 e. The first kappa shape index (κ1) is 13.5. The van der Waals surface area contributed by atoms with Crippen molar-refractivity contribution >= 4 is 25.0 Å². The molecule has 0 spiro atoms. The first-order valence-electron chi connectivity index (χ1n) is 4.87. The molecule has 1 saturated heterocycles. The summed E-state index contributed by atoms with van der Waals surface area (Å²) in [4.78, 5) is 33.0. The minimum Gasteiger partial charge on any atom is -0.509 e. The van der Waals surface area contributed by atoms with Crippen molar-refractivity contribution in [2.45, 2.75) is 18.4 Å². The van der Waals surface area contributed by atoms with Crippen molar-refractivity contribution in [1.82, 2.24) is 5.32 Å². The van der Waals surface area contributed by atoms with E-state index in [-0.39, 0.29) is 6.44 Å². The molecule has 0 radical (unpaired) electrons. The highest BCUT2D eigenvalue weighted by Gasteiger charge is 2.51. The van der Waals surface area contributed by atoms with Crippen LogP contribution in [0.2, 0.25) is 0 Å². The molecule has 0 amide bonds. The Morgan fingerprint density at radius 1 is 1.53 bits per heavy atom. The van der Waals surface area contributed by atoms with Crippen LogP contribution in [0.25, 0.3) is 0 Å². The Bertz CT molecular complexity index is 343. The van der Waals surface area contributed by atoms with Crippen LogP contribution >= 0.6 is 0 Å². The van der Waals surface area contributed by atoms with Crippen LogP contribution < -0.4 is 5.32 Å². The van der Waals surface area contributed by atoms with Crippen LogP contribution in [0.15, 0.2) is 0 Å². The van der Waals surface area contributed by atoms with Gasteiger partial charge in [-0.25, -0.2) is 4.79 Å². The van der Waals surface area contributed by atoms with Gasteiger partial charge >= 0.3 is 19.1 Å². The van der Waals surface area contributed by atoms with Gasteiger partial charge in [-0.2, -0.15) is 0 Å². The van der Waals surface area contributed by atoms with Crippen molar-refractivity contribution in [1.29, 1.82) is 0 Å². The Morgan fingerprint density at radius 3 is 2.65 bits per heavy atom. The molecule has 0 saturated carbocycles. The van der Waals surface area contributed by atoms with Gasteiger partial charge in [-0.15, -0.1) is 0 Å². The second-order valence-corrected chi connectivity index (χ2v) is 3.64. The predicted octanol–water partition coefficient (Wildman–Crippen LogP) is -1.51. The maximum atomic E-state index is 11.3. The number of aliphatic carboxylic acids is 2. The summed E-state index contributed by atoms with van der Waals surface area (Å²) in [5, 5.41) is 20.3. The van der Waals surface area contributed by atoms with E-state index in [2.05, 4.69) is 5.32 Å². The Morgan fingerprint density at radius 2 is 2.18 bits per heavy atom.